The normalized spacial score (nSPS) is 18.9. The zero-order chi connectivity index (χ0) is 6.85. The first-order chi connectivity index (χ1) is 4.20. The molecule has 0 heterocycles. The summed E-state index contributed by atoms with van der Waals surface area (Å²) in [6.07, 6.45) is 3.42. The Kier molecular flexibility index (Phi) is 1.30. The quantitative estimate of drug-likeness (QED) is 0.517. The lowest BCUT2D eigenvalue weighted by Gasteiger charge is -2.06. The first kappa shape index (κ1) is 5.95. The molecule has 0 saturated heterocycles. The fraction of sp³-hybridized carbons (Fsp3) is 0.143. The fourth-order valence-corrected chi connectivity index (χ4v) is 0.633. The van der Waals surface area contributed by atoms with Crippen LogP contribution in [0.3, 0.4) is 0 Å². The van der Waals surface area contributed by atoms with Crippen LogP contribution in [0.5, 0.6) is 0 Å². The largest absolute Gasteiger partial charge is 0.508 e. The molecule has 0 spiro atoms. The van der Waals surface area contributed by atoms with Gasteiger partial charge in [-0.05, 0) is 18.1 Å². The predicted octanol–water partition coefficient (Wildman–Crippen LogP) is 1.83. The van der Waals surface area contributed by atoms with E-state index in [2.05, 4.69) is 6.58 Å². The van der Waals surface area contributed by atoms with Gasteiger partial charge in [0.1, 0.15) is 11.5 Å². The molecule has 9 heavy (non-hydrogen) atoms. The second-order valence-corrected chi connectivity index (χ2v) is 1.97. The van der Waals surface area contributed by atoms with E-state index in [4.69, 9.17) is 10.2 Å². The van der Waals surface area contributed by atoms with Gasteiger partial charge in [0.05, 0.1) is 0 Å². The molecule has 0 radical (unpaired) electrons. The summed E-state index contributed by atoms with van der Waals surface area (Å²) in [4.78, 5) is 0. The number of hydrogen-bond donors (Lipinski definition) is 2. The van der Waals surface area contributed by atoms with E-state index in [1.807, 2.05) is 0 Å². The van der Waals surface area contributed by atoms with Gasteiger partial charge in [-0.1, -0.05) is 6.58 Å². The standard InChI is InChI=1S/C7H8O2/c1-5-2-3-6(8)4-7(5)9/h3-4,8-9H,1-2H2. The van der Waals surface area contributed by atoms with Crippen LogP contribution in [0.2, 0.25) is 0 Å². The van der Waals surface area contributed by atoms with Crippen LogP contribution in [0.15, 0.2) is 35.8 Å². The minimum Gasteiger partial charge on any atom is -0.508 e. The summed E-state index contributed by atoms with van der Waals surface area (Å²) in [5, 5.41) is 17.7. The van der Waals surface area contributed by atoms with Gasteiger partial charge in [-0.2, -0.15) is 0 Å². The molecule has 0 aromatic rings. The molecular formula is C7H8O2. The lowest BCUT2D eigenvalue weighted by molar-refractivity contribution is 0.390. The Bertz CT molecular complexity index is 199. The molecule has 0 saturated carbocycles. The Labute approximate surface area is 53.4 Å². The van der Waals surface area contributed by atoms with E-state index >= 15 is 0 Å². The van der Waals surface area contributed by atoms with Gasteiger partial charge in [-0.25, -0.2) is 0 Å². The topological polar surface area (TPSA) is 40.5 Å². The van der Waals surface area contributed by atoms with Crippen LogP contribution < -0.4 is 0 Å². The van der Waals surface area contributed by atoms with Gasteiger partial charge in [0, 0.05) is 6.08 Å². The summed E-state index contributed by atoms with van der Waals surface area (Å²) < 4.78 is 0. The van der Waals surface area contributed by atoms with Crippen molar-refractivity contribution >= 4 is 0 Å². The molecule has 0 amide bonds. The Balaban J connectivity index is 2.87. The zero-order valence-electron chi connectivity index (χ0n) is 4.96. The zero-order valence-corrected chi connectivity index (χ0v) is 4.96. The van der Waals surface area contributed by atoms with Crippen molar-refractivity contribution in [1.29, 1.82) is 0 Å². The first-order valence-corrected chi connectivity index (χ1v) is 2.68. The van der Waals surface area contributed by atoms with E-state index in [9.17, 15) is 0 Å². The SMILES string of the molecule is C=C1CC=C(O)C=C1O. The molecule has 0 aliphatic heterocycles. The summed E-state index contributed by atoms with van der Waals surface area (Å²) in [5.41, 5.74) is 0.646. The molecule has 2 N–H and O–H groups in total. The third-order valence-corrected chi connectivity index (χ3v) is 1.20. The molecule has 2 nitrogen and oxygen atoms in total. The molecule has 48 valence electrons. The lowest BCUT2D eigenvalue weighted by Crippen LogP contribution is -1.93. The highest BCUT2D eigenvalue weighted by atomic mass is 16.3. The summed E-state index contributed by atoms with van der Waals surface area (Å²) in [5.74, 6) is 0.190. The van der Waals surface area contributed by atoms with Gasteiger partial charge in [0.25, 0.3) is 0 Å². The van der Waals surface area contributed by atoms with Crippen LogP contribution in [0.1, 0.15) is 6.42 Å². The molecule has 1 rings (SSSR count). The minimum atomic E-state index is 0.0787. The van der Waals surface area contributed by atoms with E-state index in [1.54, 1.807) is 6.08 Å². The fourth-order valence-electron chi connectivity index (χ4n) is 0.633. The summed E-state index contributed by atoms with van der Waals surface area (Å²) in [6, 6.07) is 0. The highest BCUT2D eigenvalue weighted by Gasteiger charge is 2.04. The highest BCUT2D eigenvalue weighted by Crippen LogP contribution is 2.17. The van der Waals surface area contributed by atoms with Crippen LogP contribution >= 0.6 is 0 Å². The van der Waals surface area contributed by atoms with Crippen LogP contribution in [0.25, 0.3) is 0 Å². The number of rotatable bonds is 0. The van der Waals surface area contributed by atoms with E-state index in [1.165, 1.54) is 6.08 Å². The van der Waals surface area contributed by atoms with Gasteiger partial charge in [-0.3, -0.25) is 0 Å². The number of aliphatic hydroxyl groups is 2. The lowest BCUT2D eigenvalue weighted by atomic mass is 10.1. The van der Waals surface area contributed by atoms with Crippen molar-refractivity contribution in [2.75, 3.05) is 0 Å². The average Bonchev–Trinajstić information content (AvgIpc) is 1.80. The summed E-state index contributed by atoms with van der Waals surface area (Å²) >= 11 is 0. The Morgan fingerprint density at radius 2 is 2.11 bits per heavy atom. The van der Waals surface area contributed by atoms with Gasteiger partial charge in [0.2, 0.25) is 0 Å². The third kappa shape index (κ3) is 1.13. The molecular weight excluding hydrogens is 116 g/mol. The molecule has 1 aliphatic rings. The summed E-state index contributed by atoms with van der Waals surface area (Å²) in [7, 11) is 0. The second-order valence-electron chi connectivity index (χ2n) is 1.97. The Hall–Kier alpha value is -1.18. The second kappa shape index (κ2) is 1.97. The van der Waals surface area contributed by atoms with E-state index in [-0.39, 0.29) is 11.5 Å². The number of hydrogen-bond acceptors (Lipinski definition) is 2. The molecule has 1 aliphatic carbocycles. The number of aliphatic hydroxyl groups excluding tert-OH is 2. The maximum atomic E-state index is 8.91. The van der Waals surface area contributed by atoms with Crippen molar-refractivity contribution in [2.45, 2.75) is 6.42 Å². The van der Waals surface area contributed by atoms with Crippen LogP contribution in [0, 0.1) is 0 Å². The Morgan fingerprint density at radius 1 is 1.44 bits per heavy atom. The molecule has 0 unspecified atom stereocenters. The van der Waals surface area contributed by atoms with Gasteiger partial charge in [0.15, 0.2) is 0 Å². The van der Waals surface area contributed by atoms with E-state index < -0.39 is 0 Å². The molecule has 0 fully saturated rings. The molecule has 0 atom stereocenters. The van der Waals surface area contributed by atoms with Crippen molar-refractivity contribution in [3.63, 3.8) is 0 Å². The molecule has 0 aromatic carbocycles. The average molecular weight is 124 g/mol. The molecule has 2 heteroatoms. The van der Waals surface area contributed by atoms with Gasteiger partial charge in [-0.15, -0.1) is 0 Å². The van der Waals surface area contributed by atoms with Crippen LogP contribution in [0.4, 0.5) is 0 Å². The minimum absolute atomic E-state index is 0.0787. The van der Waals surface area contributed by atoms with Gasteiger partial charge < -0.3 is 10.2 Å². The monoisotopic (exact) mass is 124 g/mol. The third-order valence-electron chi connectivity index (χ3n) is 1.20. The Morgan fingerprint density at radius 3 is 2.56 bits per heavy atom. The van der Waals surface area contributed by atoms with Crippen molar-refractivity contribution in [3.8, 4) is 0 Å². The van der Waals surface area contributed by atoms with Crippen molar-refractivity contribution in [1.82, 2.24) is 0 Å². The summed E-state index contributed by atoms with van der Waals surface area (Å²) in [6.45, 7) is 3.56. The highest BCUT2D eigenvalue weighted by molar-refractivity contribution is 5.34. The van der Waals surface area contributed by atoms with Crippen LogP contribution in [-0.2, 0) is 0 Å². The van der Waals surface area contributed by atoms with Gasteiger partial charge >= 0.3 is 0 Å². The first-order valence-electron chi connectivity index (χ1n) is 2.68. The smallest absolute Gasteiger partial charge is 0.122 e. The number of allylic oxidation sites excluding steroid dienone is 3. The maximum absolute atomic E-state index is 8.91. The van der Waals surface area contributed by atoms with Crippen molar-refractivity contribution < 1.29 is 10.2 Å². The van der Waals surface area contributed by atoms with Crippen LogP contribution in [-0.4, -0.2) is 10.2 Å². The van der Waals surface area contributed by atoms with E-state index in [0.29, 0.717) is 12.0 Å². The molecule has 0 bridgehead atoms. The molecule has 0 aromatic heterocycles. The maximum Gasteiger partial charge on any atom is 0.122 e. The van der Waals surface area contributed by atoms with Crippen molar-refractivity contribution in [3.05, 3.63) is 35.8 Å². The van der Waals surface area contributed by atoms with Crippen molar-refractivity contribution in [2.24, 2.45) is 0 Å². The predicted molar refractivity (Wildman–Crippen MR) is 35.2 cm³/mol. The van der Waals surface area contributed by atoms with E-state index in [0.717, 1.165) is 0 Å².